The van der Waals surface area contributed by atoms with Gasteiger partial charge in [-0.3, -0.25) is 0 Å². The summed E-state index contributed by atoms with van der Waals surface area (Å²) in [6.45, 7) is 4.32. The summed E-state index contributed by atoms with van der Waals surface area (Å²) in [5.74, 6) is 1.68. The van der Waals surface area contributed by atoms with Crippen molar-refractivity contribution in [3.63, 3.8) is 0 Å². The number of para-hydroxylation sites is 1. The zero-order valence-corrected chi connectivity index (χ0v) is 12.6. The van der Waals surface area contributed by atoms with Crippen molar-refractivity contribution in [1.82, 2.24) is 0 Å². The lowest BCUT2D eigenvalue weighted by Gasteiger charge is -2.28. The molecule has 1 aliphatic rings. The lowest BCUT2D eigenvalue weighted by Crippen LogP contribution is -2.24. The van der Waals surface area contributed by atoms with Crippen molar-refractivity contribution >= 4 is 11.6 Å². The summed E-state index contributed by atoms with van der Waals surface area (Å²) >= 11 is 6.29. The molecule has 1 aliphatic carbocycles. The highest BCUT2D eigenvalue weighted by atomic mass is 35.5. The van der Waals surface area contributed by atoms with Crippen molar-refractivity contribution in [3.05, 3.63) is 28.8 Å². The SMILES string of the molecule is CC(N)Cc1cccc(Cl)c1OC1CCC(C)CC1. The Kier molecular flexibility index (Phi) is 5.12. The summed E-state index contributed by atoms with van der Waals surface area (Å²) in [5, 5.41) is 0.705. The van der Waals surface area contributed by atoms with Crippen molar-refractivity contribution in [2.24, 2.45) is 11.7 Å². The molecule has 1 atom stereocenters. The quantitative estimate of drug-likeness (QED) is 0.898. The maximum absolute atomic E-state index is 6.29. The fourth-order valence-electron chi connectivity index (χ4n) is 2.71. The molecular weight excluding hydrogens is 258 g/mol. The fraction of sp³-hybridized carbons (Fsp3) is 0.625. The largest absolute Gasteiger partial charge is 0.489 e. The topological polar surface area (TPSA) is 35.2 Å². The first kappa shape index (κ1) is 14.7. The predicted octanol–water partition coefficient (Wildman–Crippen LogP) is 4.19. The molecule has 19 heavy (non-hydrogen) atoms. The molecule has 1 aromatic rings. The second kappa shape index (κ2) is 6.62. The molecular formula is C16H24ClNO. The summed E-state index contributed by atoms with van der Waals surface area (Å²) in [7, 11) is 0. The van der Waals surface area contributed by atoms with E-state index in [1.54, 1.807) is 0 Å². The van der Waals surface area contributed by atoms with E-state index in [9.17, 15) is 0 Å². The molecule has 0 bridgehead atoms. The molecule has 0 saturated heterocycles. The summed E-state index contributed by atoms with van der Waals surface area (Å²) in [6.07, 6.45) is 5.87. The second-order valence-electron chi connectivity index (χ2n) is 5.91. The van der Waals surface area contributed by atoms with Gasteiger partial charge in [-0.25, -0.2) is 0 Å². The maximum Gasteiger partial charge on any atom is 0.141 e. The van der Waals surface area contributed by atoms with Crippen molar-refractivity contribution in [2.45, 2.75) is 58.1 Å². The van der Waals surface area contributed by atoms with Crippen molar-refractivity contribution < 1.29 is 4.74 Å². The molecule has 1 saturated carbocycles. The Hall–Kier alpha value is -0.730. The molecule has 2 nitrogen and oxygen atoms in total. The zero-order valence-electron chi connectivity index (χ0n) is 11.9. The predicted molar refractivity (Wildman–Crippen MR) is 80.9 cm³/mol. The van der Waals surface area contributed by atoms with Crippen LogP contribution in [0.25, 0.3) is 0 Å². The van der Waals surface area contributed by atoms with Gasteiger partial charge in [-0.1, -0.05) is 30.7 Å². The molecule has 2 rings (SSSR count). The highest BCUT2D eigenvalue weighted by Gasteiger charge is 2.21. The standard InChI is InChI=1S/C16H24ClNO/c1-11-6-8-14(9-7-11)19-16-13(10-12(2)18)4-3-5-15(16)17/h3-5,11-12,14H,6-10,18H2,1-2H3. The van der Waals surface area contributed by atoms with E-state index in [0.717, 1.165) is 36.5 Å². The third-order valence-corrected chi connectivity index (χ3v) is 4.14. The van der Waals surface area contributed by atoms with Crippen LogP contribution in [0, 0.1) is 5.92 Å². The Labute approximate surface area is 121 Å². The third-order valence-electron chi connectivity index (χ3n) is 3.84. The van der Waals surface area contributed by atoms with Crippen LogP contribution in [0.15, 0.2) is 18.2 Å². The summed E-state index contributed by atoms with van der Waals surface area (Å²) in [4.78, 5) is 0. The Morgan fingerprint density at radius 1 is 1.32 bits per heavy atom. The summed E-state index contributed by atoms with van der Waals surface area (Å²) < 4.78 is 6.18. The van der Waals surface area contributed by atoms with Crippen LogP contribution >= 0.6 is 11.6 Å². The zero-order chi connectivity index (χ0) is 13.8. The Balaban J connectivity index is 2.10. The molecule has 1 unspecified atom stereocenters. The first-order valence-corrected chi connectivity index (χ1v) is 7.63. The van der Waals surface area contributed by atoms with Gasteiger partial charge in [0.05, 0.1) is 11.1 Å². The number of nitrogens with two attached hydrogens (primary N) is 1. The monoisotopic (exact) mass is 281 g/mol. The van der Waals surface area contributed by atoms with E-state index >= 15 is 0 Å². The second-order valence-corrected chi connectivity index (χ2v) is 6.32. The van der Waals surface area contributed by atoms with Gasteiger partial charge in [0.2, 0.25) is 0 Å². The van der Waals surface area contributed by atoms with Crippen molar-refractivity contribution in [2.75, 3.05) is 0 Å². The Morgan fingerprint density at radius 2 is 2.00 bits per heavy atom. The van der Waals surface area contributed by atoms with Crippen LogP contribution in [0.4, 0.5) is 0 Å². The highest BCUT2D eigenvalue weighted by molar-refractivity contribution is 6.32. The molecule has 0 amide bonds. The Morgan fingerprint density at radius 3 is 2.63 bits per heavy atom. The van der Waals surface area contributed by atoms with Gasteiger partial charge in [0.25, 0.3) is 0 Å². The number of benzene rings is 1. The third kappa shape index (κ3) is 4.12. The lowest BCUT2D eigenvalue weighted by atomic mass is 9.89. The van der Waals surface area contributed by atoms with Gasteiger partial charge in [0.1, 0.15) is 5.75 Å². The van der Waals surface area contributed by atoms with Gasteiger partial charge in [-0.15, -0.1) is 0 Å². The smallest absolute Gasteiger partial charge is 0.141 e. The fourth-order valence-corrected chi connectivity index (χ4v) is 2.95. The van der Waals surface area contributed by atoms with Crippen molar-refractivity contribution in [3.8, 4) is 5.75 Å². The minimum absolute atomic E-state index is 0.118. The summed E-state index contributed by atoms with van der Waals surface area (Å²) in [5.41, 5.74) is 7.02. The van der Waals surface area contributed by atoms with Crippen LogP contribution in [0.2, 0.25) is 5.02 Å². The number of hydrogen-bond donors (Lipinski definition) is 1. The molecule has 2 N–H and O–H groups in total. The highest BCUT2D eigenvalue weighted by Crippen LogP contribution is 2.34. The first-order valence-electron chi connectivity index (χ1n) is 7.26. The van der Waals surface area contributed by atoms with E-state index in [2.05, 4.69) is 13.0 Å². The Bertz CT molecular complexity index is 411. The van der Waals surface area contributed by atoms with E-state index in [4.69, 9.17) is 22.1 Å². The van der Waals surface area contributed by atoms with Crippen LogP contribution in [0.3, 0.4) is 0 Å². The number of halogens is 1. The van der Waals surface area contributed by atoms with E-state index in [0.29, 0.717) is 11.1 Å². The van der Waals surface area contributed by atoms with Gasteiger partial charge in [-0.05, 0) is 56.6 Å². The maximum atomic E-state index is 6.29. The molecule has 0 aliphatic heterocycles. The van der Waals surface area contributed by atoms with Gasteiger partial charge in [0, 0.05) is 6.04 Å². The minimum Gasteiger partial charge on any atom is -0.489 e. The van der Waals surface area contributed by atoms with E-state index < -0.39 is 0 Å². The molecule has 106 valence electrons. The van der Waals surface area contributed by atoms with Crippen LogP contribution in [-0.2, 0) is 6.42 Å². The molecule has 1 aromatic carbocycles. The van der Waals surface area contributed by atoms with Crippen molar-refractivity contribution in [1.29, 1.82) is 0 Å². The van der Waals surface area contributed by atoms with E-state index in [1.165, 1.54) is 12.8 Å². The molecule has 3 heteroatoms. The van der Waals surface area contributed by atoms with Gasteiger partial charge < -0.3 is 10.5 Å². The average molecular weight is 282 g/mol. The van der Waals surface area contributed by atoms with Crippen LogP contribution in [-0.4, -0.2) is 12.1 Å². The van der Waals surface area contributed by atoms with Crippen LogP contribution in [0.5, 0.6) is 5.75 Å². The summed E-state index contributed by atoms with van der Waals surface area (Å²) in [6, 6.07) is 6.05. The molecule has 0 spiro atoms. The number of rotatable bonds is 4. The number of hydrogen-bond acceptors (Lipinski definition) is 2. The molecule has 1 fully saturated rings. The molecule has 0 heterocycles. The normalized spacial score (nSPS) is 25.1. The van der Waals surface area contributed by atoms with Crippen LogP contribution < -0.4 is 10.5 Å². The van der Waals surface area contributed by atoms with E-state index in [1.807, 2.05) is 19.1 Å². The minimum atomic E-state index is 0.118. The first-order chi connectivity index (χ1) is 9.06. The van der Waals surface area contributed by atoms with Gasteiger partial charge in [-0.2, -0.15) is 0 Å². The molecule has 0 radical (unpaired) electrons. The number of ether oxygens (including phenoxy) is 1. The van der Waals surface area contributed by atoms with Gasteiger partial charge in [0.15, 0.2) is 0 Å². The lowest BCUT2D eigenvalue weighted by molar-refractivity contribution is 0.134. The average Bonchev–Trinajstić information content (AvgIpc) is 2.35. The van der Waals surface area contributed by atoms with Gasteiger partial charge >= 0.3 is 0 Å². The molecule has 0 aromatic heterocycles. The van der Waals surface area contributed by atoms with E-state index in [-0.39, 0.29) is 6.04 Å². The van der Waals surface area contributed by atoms with Crippen LogP contribution in [0.1, 0.15) is 45.1 Å².